The highest BCUT2D eigenvalue weighted by molar-refractivity contribution is 8.03. The number of fused-ring (bicyclic) bond motifs is 2. The van der Waals surface area contributed by atoms with E-state index in [2.05, 4.69) is 89.3 Å². The smallest absolute Gasteiger partial charge is 0.211 e. The van der Waals surface area contributed by atoms with E-state index in [0.29, 0.717) is 0 Å². The van der Waals surface area contributed by atoms with Gasteiger partial charge >= 0.3 is 0 Å². The molecule has 29 heavy (non-hydrogen) atoms. The Morgan fingerprint density at radius 1 is 0.966 bits per heavy atom. The number of benzene rings is 2. The van der Waals surface area contributed by atoms with E-state index in [1.165, 1.54) is 51.5 Å². The highest BCUT2D eigenvalue weighted by Gasteiger charge is 2.24. The maximum absolute atomic E-state index is 3.35. The summed E-state index contributed by atoms with van der Waals surface area (Å²) in [5.74, 6) is 0. The number of aromatic nitrogens is 1. The minimum Gasteiger partial charge on any atom is -0.335 e. The average molecular weight is 405 g/mol. The molecule has 0 saturated heterocycles. The van der Waals surface area contributed by atoms with Crippen LogP contribution in [-0.4, -0.2) is 31.1 Å². The van der Waals surface area contributed by atoms with Crippen LogP contribution in [0.3, 0.4) is 0 Å². The van der Waals surface area contributed by atoms with Crippen molar-refractivity contribution in [2.45, 2.75) is 31.6 Å². The van der Waals surface area contributed by atoms with E-state index in [4.69, 9.17) is 0 Å². The molecule has 2 aromatic carbocycles. The SMILES string of the molecule is CCN(CC)CCCCN1/C(=C/c2cc[nH+]c3ccccc23)Sc2ccccc21. The second kappa shape index (κ2) is 9.47. The number of nitrogens with zero attached hydrogens (tertiary/aromatic N) is 2. The van der Waals surface area contributed by atoms with Gasteiger partial charge in [-0.2, -0.15) is 0 Å². The molecule has 0 saturated carbocycles. The predicted molar refractivity (Wildman–Crippen MR) is 125 cm³/mol. The Morgan fingerprint density at radius 3 is 2.62 bits per heavy atom. The third-order valence-electron chi connectivity index (χ3n) is 5.66. The lowest BCUT2D eigenvalue weighted by Crippen LogP contribution is -2.25. The van der Waals surface area contributed by atoms with Gasteiger partial charge in [-0.05, 0) is 62.3 Å². The molecule has 150 valence electrons. The van der Waals surface area contributed by atoms with Crippen LogP contribution in [0.25, 0.3) is 17.0 Å². The van der Waals surface area contributed by atoms with Gasteiger partial charge in [0, 0.05) is 23.6 Å². The van der Waals surface area contributed by atoms with Gasteiger partial charge < -0.3 is 9.80 Å². The molecule has 0 atom stereocenters. The van der Waals surface area contributed by atoms with E-state index >= 15 is 0 Å². The highest BCUT2D eigenvalue weighted by Crippen LogP contribution is 2.46. The maximum atomic E-state index is 3.35. The van der Waals surface area contributed by atoms with E-state index in [1.807, 2.05) is 18.0 Å². The number of para-hydroxylation sites is 2. The van der Waals surface area contributed by atoms with E-state index in [9.17, 15) is 0 Å². The molecule has 4 rings (SSSR count). The van der Waals surface area contributed by atoms with E-state index in [-0.39, 0.29) is 0 Å². The zero-order chi connectivity index (χ0) is 20.1. The lowest BCUT2D eigenvalue weighted by molar-refractivity contribution is -0.344. The molecule has 1 aromatic heterocycles. The third-order valence-corrected chi connectivity index (χ3v) is 6.77. The highest BCUT2D eigenvalue weighted by atomic mass is 32.2. The number of rotatable bonds is 8. The van der Waals surface area contributed by atoms with E-state index < -0.39 is 0 Å². The fraction of sp³-hybridized carbons (Fsp3) is 0.320. The lowest BCUT2D eigenvalue weighted by Gasteiger charge is -2.22. The molecule has 3 aromatic rings. The molecule has 1 N–H and O–H groups in total. The molecular weight excluding hydrogens is 374 g/mol. The van der Waals surface area contributed by atoms with Gasteiger partial charge in [0.05, 0.1) is 16.1 Å². The number of aromatic amines is 1. The molecule has 0 bridgehead atoms. The zero-order valence-electron chi connectivity index (χ0n) is 17.4. The van der Waals surface area contributed by atoms with Gasteiger partial charge in [0.2, 0.25) is 5.52 Å². The van der Waals surface area contributed by atoms with Crippen molar-refractivity contribution in [3.8, 4) is 0 Å². The van der Waals surface area contributed by atoms with Gasteiger partial charge in [0.25, 0.3) is 0 Å². The first-order valence-corrected chi connectivity index (χ1v) is 11.5. The van der Waals surface area contributed by atoms with E-state index in [1.54, 1.807) is 0 Å². The largest absolute Gasteiger partial charge is 0.335 e. The van der Waals surface area contributed by atoms with Crippen molar-refractivity contribution in [2.75, 3.05) is 31.1 Å². The van der Waals surface area contributed by atoms with Crippen LogP contribution in [0, 0.1) is 0 Å². The number of thioether (sulfide) groups is 1. The summed E-state index contributed by atoms with van der Waals surface area (Å²) in [7, 11) is 0. The third kappa shape index (κ3) is 4.49. The Morgan fingerprint density at radius 2 is 1.76 bits per heavy atom. The van der Waals surface area contributed by atoms with Crippen molar-refractivity contribution in [1.82, 2.24) is 4.90 Å². The van der Waals surface area contributed by atoms with Crippen molar-refractivity contribution in [1.29, 1.82) is 0 Å². The molecular formula is C25H30N3S+. The Labute approximate surface area is 178 Å². The second-order valence-corrected chi connectivity index (χ2v) is 8.48. The first-order valence-electron chi connectivity index (χ1n) is 10.7. The number of H-pyrrole nitrogens is 1. The molecule has 0 amide bonds. The predicted octanol–water partition coefficient (Wildman–Crippen LogP) is 5.69. The molecule has 1 aliphatic rings. The number of hydrogen-bond donors (Lipinski definition) is 0. The number of hydrogen-bond acceptors (Lipinski definition) is 3. The topological polar surface area (TPSA) is 20.6 Å². The summed E-state index contributed by atoms with van der Waals surface area (Å²) in [5, 5.41) is 2.59. The van der Waals surface area contributed by atoms with Gasteiger partial charge in [-0.1, -0.05) is 49.9 Å². The van der Waals surface area contributed by atoms with Gasteiger partial charge in [-0.3, -0.25) is 0 Å². The zero-order valence-corrected chi connectivity index (χ0v) is 18.2. The molecule has 0 radical (unpaired) electrons. The molecule has 3 nitrogen and oxygen atoms in total. The van der Waals surface area contributed by atoms with Crippen LogP contribution in [0.5, 0.6) is 0 Å². The lowest BCUT2D eigenvalue weighted by atomic mass is 10.1. The Balaban J connectivity index is 1.57. The van der Waals surface area contributed by atoms with Crippen LogP contribution >= 0.6 is 11.8 Å². The van der Waals surface area contributed by atoms with Gasteiger partial charge in [0.15, 0.2) is 6.20 Å². The Kier molecular flexibility index (Phi) is 6.53. The number of unbranched alkanes of at least 4 members (excludes halogenated alkanes) is 1. The van der Waals surface area contributed by atoms with Crippen molar-refractivity contribution in [3.05, 3.63) is 71.4 Å². The van der Waals surface area contributed by atoms with Crippen LogP contribution in [-0.2, 0) is 0 Å². The summed E-state index contributed by atoms with van der Waals surface area (Å²) in [5.41, 5.74) is 3.79. The van der Waals surface area contributed by atoms with E-state index in [0.717, 1.165) is 19.6 Å². The fourth-order valence-electron chi connectivity index (χ4n) is 3.97. The quantitative estimate of drug-likeness (QED) is 0.450. The molecule has 4 heteroatoms. The number of pyridine rings is 1. The Bertz CT molecular complexity index is 989. The standard InChI is InChI=1S/C25H29N3S/c1-3-27(4-2)17-9-10-18-28-23-13-7-8-14-24(23)29-25(28)19-20-15-16-26-22-12-6-5-11-21(20)22/h5-8,11-16,19H,3-4,9-10,17-18H2,1-2H3/p+1/b25-19-. The minimum absolute atomic E-state index is 1.06. The first-order chi connectivity index (χ1) is 14.3. The van der Waals surface area contributed by atoms with Gasteiger partial charge in [0.1, 0.15) is 0 Å². The summed E-state index contributed by atoms with van der Waals surface area (Å²) in [6.45, 7) is 9.03. The summed E-state index contributed by atoms with van der Waals surface area (Å²) in [4.78, 5) is 9.73. The summed E-state index contributed by atoms with van der Waals surface area (Å²) in [6, 6.07) is 19.5. The monoisotopic (exact) mass is 404 g/mol. The molecule has 0 spiro atoms. The van der Waals surface area contributed by atoms with Crippen LogP contribution in [0.15, 0.2) is 70.7 Å². The minimum atomic E-state index is 1.06. The van der Waals surface area contributed by atoms with Crippen LogP contribution in [0.1, 0.15) is 32.3 Å². The first kappa shape index (κ1) is 20.0. The Hall–Kier alpha value is -2.30. The van der Waals surface area contributed by atoms with Crippen LogP contribution in [0.2, 0.25) is 0 Å². The fourth-order valence-corrected chi connectivity index (χ4v) is 5.11. The van der Waals surface area contributed by atoms with Gasteiger partial charge in [-0.25, -0.2) is 4.98 Å². The van der Waals surface area contributed by atoms with Gasteiger partial charge in [-0.15, -0.1) is 0 Å². The molecule has 0 unspecified atom stereocenters. The number of anilines is 1. The van der Waals surface area contributed by atoms with Crippen molar-refractivity contribution < 1.29 is 4.98 Å². The van der Waals surface area contributed by atoms with Crippen LogP contribution in [0.4, 0.5) is 5.69 Å². The molecule has 0 fully saturated rings. The molecule has 2 heterocycles. The molecule has 0 aliphatic carbocycles. The second-order valence-electron chi connectivity index (χ2n) is 7.42. The van der Waals surface area contributed by atoms with Crippen molar-refractivity contribution >= 4 is 34.4 Å². The average Bonchev–Trinajstić information content (AvgIpc) is 3.11. The summed E-state index contributed by atoms with van der Waals surface area (Å²) < 4.78 is 0. The summed E-state index contributed by atoms with van der Waals surface area (Å²) >= 11 is 1.89. The van der Waals surface area contributed by atoms with Crippen molar-refractivity contribution in [3.63, 3.8) is 0 Å². The van der Waals surface area contributed by atoms with Crippen molar-refractivity contribution in [2.24, 2.45) is 0 Å². The molecule has 1 aliphatic heterocycles. The number of nitrogens with one attached hydrogen (secondary N) is 1. The normalized spacial score (nSPS) is 14.9. The van der Waals surface area contributed by atoms with Crippen LogP contribution < -0.4 is 9.88 Å². The maximum Gasteiger partial charge on any atom is 0.211 e. The summed E-state index contributed by atoms with van der Waals surface area (Å²) in [6.07, 6.45) is 6.83.